The van der Waals surface area contributed by atoms with Gasteiger partial charge < -0.3 is 34.4 Å². The SMILES string of the molecule is COc1cc(-c2cc(=O)c3cc(Br)c(OCCOCC(=O)N[C@H](C(=O)Nc4cccc5c4C(=O)N(C4CCC(=O)NC4=O)C5=O)C(C)(C)C)c(Br)c3o2)ncc1O. The largest absolute Gasteiger partial charge is 0.503 e. The molecule has 57 heavy (non-hydrogen) atoms. The van der Waals surface area contributed by atoms with Crippen LogP contribution in [0.5, 0.6) is 17.2 Å². The summed E-state index contributed by atoms with van der Waals surface area (Å²) in [5.74, 6) is -3.73. The number of anilines is 1. The number of aromatic nitrogens is 1. The molecule has 6 rings (SSSR count). The van der Waals surface area contributed by atoms with Crippen LogP contribution in [-0.4, -0.2) is 89.4 Å². The minimum Gasteiger partial charge on any atom is -0.503 e. The second kappa shape index (κ2) is 16.4. The number of piperidine rings is 1. The van der Waals surface area contributed by atoms with Crippen molar-refractivity contribution < 1.29 is 52.5 Å². The van der Waals surface area contributed by atoms with E-state index >= 15 is 0 Å². The molecule has 0 aliphatic carbocycles. The Hall–Kier alpha value is -5.66. The predicted octanol–water partition coefficient (Wildman–Crippen LogP) is 4.06. The third kappa shape index (κ3) is 8.40. The zero-order chi connectivity index (χ0) is 41.3. The molecule has 19 heteroatoms. The molecular formula is C38H35Br2N5O12. The topological polar surface area (TPSA) is 233 Å². The molecule has 1 fully saturated rings. The number of pyridine rings is 1. The van der Waals surface area contributed by atoms with E-state index in [1.165, 1.54) is 49.7 Å². The Bertz CT molecular complexity index is 2410. The first-order chi connectivity index (χ1) is 27.0. The van der Waals surface area contributed by atoms with Crippen molar-refractivity contribution in [2.45, 2.75) is 45.7 Å². The number of nitrogens with one attached hydrogen (secondary N) is 3. The predicted molar refractivity (Wildman–Crippen MR) is 209 cm³/mol. The molecule has 0 bridgehead atoms. The number of benzene rings is 2. The van der Waals surface area contributed by atoms with Gasteiger partial charge in [-0.2, -0.15) is 0 Å². The monoisotopic (exact) mass is 911 g/mol. The Labute approximate surface area is 340 Å². The third-order valence-electron chi connectivity index (χ3n) is 9.06. The molecule has 2 atom stereocenters. The summed E-state index contributed by atoms with van der Waals surface area (Å²) in [5, 5.41) is 17.6. The van der Waals surface area contributed by atoms with Gasteiger partial charge in [0.25, 0.3) is 11.8 Å². The van der Waals surface area contributed by atoms with Crippen molar-refractivity contribution in [1.82, 2.24) is 20.5 Å². The first kappa shape index (κ1) is 41.0. The molecule has 2 aliphatic heterocycles. The maximum atomic E-state index is 13.7. The smallest absolute Gasteiger partial charge is 0.264 e. The molecule has 17 nitrogen and oxygen atoms in total. The van der Waals surface area contributed by atoms with E-state index in [2.05, 4.69) is 52.8 Å². The summed E-state index contributed by atoms with van der Waals surface area (Å²) in [7, 11) is 1.38. The highest BCUT2D eigenvalue weighted by molar-refractivity contribution is 9.11. The molecule has 4 heterocycles. The summed E-state index contributed by atoms with van der Waals surface area (Å²) in [6, 6.07) is 6.23. The van der Waals surface area contributed by atoms with Gasteiger partial charge in [-0.3, -0.25) is 43.8 Å². The summed E-state index contributed by atoms with van der Waals surface area (Å²) in [4.78, 5) is 95.5. The number of halogens is 2. The number of hydrogen-bond acceptors (Lipinski definition) is 13. The fourth-order valence-electron chi connectivity index (χ4n) is 6.26. The number of fused-ring (bicyclic) bond motifs is 2. The van der Waals surface area contributed by atoms with Gasteiger partial charge in [0.2, 0.25) is 23.6 Å². The van der Waals surface area contributed by atoms with Crippen molar-refractivity contribution >= 4 is 84.0 Å². The molecule has 1 unspecified atom stereocenters. The van der Waals surface area contributed by atoms with E-state index in [4.69, 9.17) is 18.6 Å². The number of amides is 6. The Morgan fingerprint density at radius 3 is 2.54 bits per heavy atom. The van der Waals surface area contributed by atoms with Gasteiger partial charge in [0, 0.05) is 18.6 Å². The van der Waals surface area contributed by atoms with Crippen molar-refractivity contribution in [3.8, 4) is 28.7 Å². The molecular weight excluding hydrogens is 878 g/mol. The first-order valence-electron chi connectivity index (χ1n) is 17.3. The zero-order valence-electron chi connectivity index (χ0n) is 30.8. The van der Waals surface area contributed by atoms with Crippen molar-refractivity contribution in [2.75, 3.05) is 32.2 Å². The number of imide groups is 2. The number of carbonyl (C=O) groups excluding carboxylic acids is 6. The Morgan fingerprint density at radius 2 is 1.84 bits per heavy atom. The summed E-state index contributed by atoms with van der Waals surface area (Å²) < 4.78 is 23.3. The van der Waals surface area contributed by atoms with Crippen LogP contribution in [0.25, 0.3) is 22.4 Å². The fraction of sp³-hybridized carbons (Fsp3) is 0.316. The van der Waals surface area contributed by atoms with Gasteiger partial charge in [0.15, 0.2) is 34.0 Å². The van der Waals surface area contributed by atoms with Crippen LogP contribution in [0, 0.1) is 5.41 Å². The van der Waals surface area contributed by atoms with Crippen LogP contribution in [0.2, 0.25) is 0 Å². The van der Waals surface area contributed by atoms with Crippen LogP contribution in [-0.2, 0) is 23.9 Å². The van der Waals surface area contributed by atoms with Gasteiger partial charge in [0.05, 0.1) is 46.6 Å². The van der Waals surface area contributed by atoms with Crippen molar-refractivity contribution in [3.05, 3.63) is 72.9 Å². The molecule has 6 amide bonds. The lowest BCUT2D eigenvalue weighted by Crippen LogP contribution is -2.54. The maximum absolute atomic E-state index is 13.7. The molecule has 0 radical (unpaired) electrons. The minimum absolute atomic E-state index is 0.0149. The number of rotatable bonds is 12. The van der Waals surface area contributed by atoms with E-state index in [-0.39, 0.29) is 88.0 Å². The summed E-state index contributed by atoms with van der Waals surface area (Å²) in [6.07, 6.45) is 1.10. The van der Waals surface area contributed by atoms with E-state index in [0.717, 1.165) is 4.90 Å². The van der Waals surface area contributed by atoms with E-state index in [1.54, 1.807) is 20.8 Å². The molecule has 2 aromatic heterocycles. The molecule has 2 aromatic carbocycles. The Kier molecular flexibility index (Phi) is 11.8. The van der Waals surface area contributed by atoms with Gasteiger partial charge in [0.1, 0.15) is 35.5 Å². The van der Waals surface area contributed by atoms with Crippen molar-refractivity contribution in [2.24, 2.45) is 5.41 Å². The molecule has 2 aliphatic rings. The summed E-state index contributed by atoms with van der Waals surface area (Å²) >= 11 is 6.87. The summed E-state index contributed by atoms with van der Waals surface area (Å²) in [5.41, 5.74) is -0.887. The fourth-order valence-corrected chi connectivity index (χ4v) is 7.69. The van der Waals surface area contributed by atoms with Crippen LogP contribution >= 0.6 is 31.9 Å². The van der Waals surface area contributed by atoms with Crippen LogP contribution in [0.3, 0.4) is 0 Å². The Balaban J connectivity index is 1.07. The van der Waals surface area contributed by atoms with E-state index in [1.807, 2.05) is 0 Å². The molecule has 1 saturated heterocycles. The highest BCUT2D eigenvalue weighted by Gasteiger charge is 2.46. The molecule has 4 N–H and O–H groups in total. The highest BCUT2D eigenvalue weighted by atomic mass is 79.9. The quantitative estimate of drug-likeness (QED) is 0.116. The first-order valence-corrected chi connectivity index (χ1v) is 18.9. The van der Waals surface area contributed by atoms with Gasteiger partial charge >= 0.3 is 0 Å². The highest BCUT2D eigenvalue weighted by Crippen LogP contribution is 2.40. The van der Waals surface area contributed by atoms with Crippen LogP contribution in [0.1, 0.15) is 54.3 Å². The average molecular weight is 914 g/mol. The van der Waals surface area contributed by atoms with E-state index < -0.39 is 59.5 Å². The lowest BCUT2D eigenvalue weighted by Gasteiger charge is -2.30. The number of carbonyl (C=O) groups is 6. The number of hydrogen-bond donors (Lipinski definition) is 4. The lowest BCUT2D eigenvalue weighted by atomic mass is 9.86. The van der Waals surface area contributed by atoms with Crippen molar-refractivity contribution in [3.63, 3.8) is 0 Å². The zero-order valence-corrected chi connectivity index (χ0v) is 34.0. The van der Waals surface area contributed by atoms with Gasteiger partial charge in [-0.05, 0) is 61.9 Å². The van der Waals surface area contributed by atoms with Crippen LogP contribution in [0.15, 0.2) is 60.8 Å². The number of ether oxygens (including phenoxy) is 3. The molecule has 298 valence electrons. The number of aromatic hydroxyl groups is 1. The van der Waals surface area contributed by atoms with E-state index in [0.29, 0.717) is 8.95 Å². The van der Waals surface area contributed by atoms with Crippen LogP contribution in [0.4, 0.5) is 5.69 Å². The van der Waals surface area contributed by atoms with Gasteiger partial charge in [-0.25, -0.2) is 4.98 Å². The normalized spacial score (nSPS) is 16.0. The standard InChI is InChI=1S/C38H35Br2N5O12/c1-38(2,3)33(35(51)42-20-7-5-6-17-29(20)37(53)45(36(17)52)22-8-9-27(48)44-34(22)50)43-28(49)16-55-10-11-56-32-19(39)12-18-23(46)14-25(57-31(18)30(32)40)21-13-26(54-4)24(47)15-41-21/h5-7,12-15,22,33,47H,8-11,16H2,1-4H3,(H,42,51)(H,43,49)(H,44,48,50)/t22?,33-/m1/s1. The second-order valence-corrected chi connectivity index (χ2v) is 15.7. The number of methoxy groups -OCH3 is 1. The molecule has 4 aromatic rings. The van der Waals surface area contributed by atoms with Gasteiger partial charge in [-0.15, -0.1) is 0 Å². The maximum Gasteiger partial charge on any atom is 0.264 e. The van der Waals surface area contributed by atoms with E-state index in [9.17, 15) is 38.7 Å². The second-order valence-electron chi connectivity index (χ2n) is 14.0. The average Bonchev–Trinajstić information content (AvgIpc) is 3.41. The Morgan fingerprint density at radius 1 is 1.09 bits per heavy atom. The van der Waals surface area contributed by atoms with Crippen LogP contribution < -0.4 is 30.9 Å². The van der Waals surface area contributed by atoms with Crippen molar-refractivity contribution in [1.29, 1.82) is 0 Å². The minimum atomic E-state index is -1.18. The third-order valence-corrected chi connectivity index (χ3v) is 10.4. The molecule has 0 spiro atoms. The van der Waals surface area contributed by atoms with Gasteiger partial charge in [-0.1, -0.05) is 26.8 Å². The lowest BCUT2D eigenvalue weighted by molar-refractivity contribution is -0.136. The number of nitrogens with zero attached hydrogens (tertiary/aromatic N) is 2. The molecule has 0 saturated carbocycles. The summed E-state index contributed by atoms with van der Waals surface area (Å²) in [6.45, 7) is 4.63.